The van der Waals surface area contributed by atoms with Crippen LogP contribution in [0.4, 0.5) is 0 Å². The van der Waals surface area contributed by atoms with Gasteiger partial charge < -0.3 is 0 Å². The predicted octanol–water partition coefficient (Wildman–Crippen LogP) is 5.21. The van der Waals surface area contributed by atoms with E-state index in [9.17, 15) is 10.1 Å². The Hall–Kier alpha value is -1.63. The molecule has 0 aliphatic heterocycles. The summed E-state index contributed by atoms with van der Waals surface area (Å²) in [6.07, 6.45) is 0. The molecule has 0 amide bonds. The quantitative estimate of drug-likeness (QED) is 0.703. The summed E-state index contributed by atoms with van der Waals surface area (Å²) >= 11 is 9.45. The van der Waals surface area contributed by atoms with Gasteiger partial charge in [-0.1, -0.05) is 35.9 Å². The van der Waals surface area contributed by atoms with E-state index in [0.717, 1.165) is 11.1 Å². The van der Waals surface area contributed by atoms with Gasteiger partial charge in [0.15, 0.2) is 5.78 Å². The van der Waals surface area contributed by atoms with Crippen molar-refractivity contribution < 1.29 is 4.79 Å². The molecule has 0 radical (unpaired) electrons. The number of Topliss-reactive ketones (excluding diaryl/α,β-unsaturated/α-hetero) is 1. The number of carbonyl (C=O) groups excluding carboxylic acids is 1. The van der Waals surface area contributed by atoms with Crippen molar-refractivity contribution in [2.24, 2.45) is 0 Å². The van der Waals surface area contributed by atoms with Crippen molar-refractivity contribution in [2.45, 2.75) is 19.8 Å². The molecular weight excluding hydrogens is 350 g/mol. The second kappa shape index (κ2) is 6.43. The van der Waals surface area contributed by atoms with Crippen molar-refractivity contribution in [3.05, 3.63) is 68.1 Å². The summed E-state index contributed by atoms with van der Waals surface area (Å²) in [4.78, 5) is 12.6. The molecule has 1 atom stereocenters. The first-order chi connectivity index (χ1) is 9.95. The molecule has 2 aromatic carbocycles. The van der Waals surface area contributed by atoms with E-state index >= 15 is 0 Å². The molecule has 4 heteroatoms. The molecule has 0 aliphatic rings. The summed E-state index contributed by atoms with van der Waals surface area (Å²) in [5.41, 5.74) is 3.24. The lowest BCUT2D eigenvalue weighted by Crippen LogP contribution is -2.12. The number of nitriles is 1. The molecule has 2 rings (SSSR count). The van der Waals surface area contributed by atoms with E-state index in [0.29, 0.717) is 20.6 Å². The van der Waals surface area contributed by atoms with E-state index in [2.05, 4.69) is 22.0 Å². The van der Waals surface area contributed by atoms with Crippen LogP contribution in [0.2, 0.25) is 5.02 Å². The Balaban J connectivity index is 2.46. The second-order valence-corrected chi connectivity index (χ2v) is 6.10. The van der Waals surface area contributed by atoms with E-state index in [1.165, 1.54) is 0 Å². The fourth-order valence-corrected chi connectivity index (χ4v) is 2.66. The number of rotatable bonds is 3. The molecule has 0 N–H and O–H groups in total. The monoisotopic (exact) mass is 361 g/mol. The van der Waals surface area contributed by atoms with Crippen LogP contribution in [0, 0.1) is 25.2 Å². The number of ketones is 1. The minimum atomic E-state index is -0.851. The normalized spacial score (nSPS) is 11.8. The Kier molecular flexibility index (Phi) is 4.82. The van der Waals surface area contributed by atoms with Gasteiger partial charge in [0.25, 0.3) is 0 Å². The van der Waals surface area contributed by atoms with Gasteiger partial charge in [-0.05, 0) is 58.6 Å². The smallest absolute Gasteiger partial charge is 0.185 e. The third-order valence-electron chi connectivity index (χ3n) is 3.47. The summed E-state index contributed by atoms with van der Waals surface area (Å²) in [5, 5.41) is 9.75. The average molecular weight is 363 g/mol. The van der Waals surface area contributed by atoms with Crippen molar-refractivity contribution in [1.29, 1.82) is 5.26 Å². The summed E-state index contributed by atoms with van der Waals surface area (Å²) in [5.74, 6) is -1.14. The van der Waals surface area contributed by atoms with Gasteiger partial charge in [-0.15, -0.1) is 0 Å². The molecule has 0 heterocycles. The number of aryl methyl sites for hydroxylation is 2. The molecule has 0 bridgehead atoms. The molecule has 0 fully saturated rings. The average Bonchev–Trinajstić information content (AvgIpc) is 2.46. The second-order valence-electron chi connectivity index (χ2n) is 4.87. The minimum absolute atomic E-state index is 0.285. The number of halogens is 2. The summed E-state index contributed by atoms with van der Waals surface area (Å²) < 4.78 is 0.645. The summed E-state index contributed by atoms with van der Waals surface area (Å²) in [6.45, 7) is 3.96. The molecule has 21 heavy (non-hydrogen) atoms. The number of nitrogens with zero attached hydrogens (tertiary/aromatic N) is 1. The fraction of sp³-hybridized carbons (Fsp3) is 0.176. The van der Waals surface area contributed by atoms with Gasteiger partial charge in [0.05, 0.1) is 11.1 Å². The van der Waals surface area contributed by atoms with Gasteiger partial charge in [-0.25, -0.2) is 0 Å². The predicted molar refractivity (Wildman–Crippen MR) is 87.8 cm³/mol. The molecule has 0 aliphatic carbocycles. The van der Waals surface area contributed by atoms with Crippen molar-refractivity contribution >= 4 is 33.3 Å². The Bertz CT molecular complexity index is 749. The molecule has 0 aromatic heterocycles. The lowest BCUT2D eigenvalue weighted by atomic mass is 9.90. The Morgan fingerprint density at radius 1 is 1.24 bits per heavy atom. The zero-order chi connectivity index (χ0) is 15.6. The van der Waals surface area contributed by atoms with Crippen LogP contribution in [0.1, 0.15) is 33.0 Å². The zero-order valence-electron chi connectivity index (χ0n) is 11.7. The standard InChI is InChI=1S/C17H13BrClNO/c1-10-6-7-12(8-11(10)2)14(9-20)17(21)13-4-3-5-15(18)16(13)19/h3-8,14H,1-2H3. The lowest BCUT2D eigenvalue weighted by Gasteiger charge is -2.12. The van der Waals surface area contributed by atoms with Crippen LogP contribution >= 0.6 is 27.5 Å². The van der Waals surface area contributed by atoms with Gasteiger partial charge in [0.1, 0.15) is 5.92 Å². The SMILES string of the molecule is Cc1ccc(C(C#N)C(=O)c2cccc(Br)c2Cl)cc1C. The highest BCUT2D eigenvalue weighted by atomic mass is 79.9. The first kappa shape index (κ1) is 15.8. The highest BCUT2D eigenvalue weighted by Crippen LogP contribution is 2.30. The summed E-state index contributed by atoms with van der Waals surface area (Å²) in [7, 11) is 0. The number of carbonyl (C=O) groups is 1. The first-order valence-corrected chi connectivity index (χ1v) is 7.57. The van der Waals surface area contributed by atoms with Crippen molar-refractivity contribution in [3.63, 3.8) is 0 Å². The van der Waals surface area contributed by atoms with Crippen LogP contribution in [-0.4, -0.2) is 5.78 Å². The molecule has 0 saturated carbocycles. The Labute approximate surface area is 137 Å². The molecule has 0 spiro atoms. The lowest BCUT2D eigenvalue weighted by molar-refractivity contribution is 0.0979. The van der Waals surface area contributed by atoms with Gasteiger partial charge in [0, 0.05) is 10.0 Å². The van der Waals surface area contributed by atoms with E-state index in [4.69, 9.17) is 11.6 Å². The first-order valence-electron chi connectivity index (χ1n) is 6.40. The molecule has 1 unspecified atom stereocenters. The van der Waals surface area contributed by atoms with Crippen LogP contribution in [0.25, 0.3) is 0 Å². The highest BCUT2D eigenvalue weighted by molar-refractivity contribution is 9.10. The van der Waals surface area contributed by atoms with Crippen molar-refractivity contribution in [1.82, 2.24) is 0 Å². The summed E-state index contributed by atoms with van der Waals surface area (Å²) in [6, 6.07) is 12.8. The van der Waals surface area contributed by atoms with Crippen LogP contribution in [-0.2, 0) is 0 Å². The molecular formula is C17H13BrClNO. The maximum Gasteiger partial charge on any atom is 0.185 e. The van der Waals surface area contributed by atoms with Gasteiger partial charge >= 0.3 is 0 Å². The van der Waals surface area contributed by atoms with Crippen molar-refractivity contribution in [3.8, 4) is 6.07 Å². The van der Waals surface area contributed by atoms with Gasteiger partial charge in [-0.2, -0.15) is 5.26 Å². The molecule has 0 saturated heterocycles. The molecule has 2 nitrogen and oxygen atoms in total. The van der Waals surface area contributed by atoms with E-state index in [1.807, 2.05) is 32.0 Å². The minimum Gasteiger partial charge on any atom is -0.292 e. The zero-order valence-corrected chi connectivity index (χ0v) is 14.0. The van der Waals surface area contributed by atoms with Gasteiger partial charge in [-0.3, -0.25) is 4.79 Å². The number of hydrogen-bond donors (Lipinski definition) is 0. The number of benzene rings is 2. The maximum atomic E-state index is 12.6. The van der Waals surface area contributed by atoms with Crippen LogP contribution in [0.15, 0.2) is 40.9 Å². The van der Waals surface area contributed by atoms with Crippen LogP contribution in [0.5, 0.6) is 0 Å². The van der Waals surface area contributed by atoms with Gasteiger partial charge in [0.2, 0.25) is 0 Å². The van der Waals surface area contributed by atoms with Crippen LogP contribution in [0.3, 0.4) is 0 Å². The third-order valence-corrected chi connectivity index (χ3v) is 4.77. The van der Waals surface area contributed by atoms with Crippen LogP contribution < -0.4 is 0 Å². The largest absolute Gasteiger partial charge is 0.292 e. The van der Waals surface area contributed by atoms with E-state index in [1.54, 1.807) is 18.2 Å². The third kappa shape index (κ3) is 3.18. The van der Waals surface area contributed by atoms with E-state index < -0.39 is 5.92 Å². The van der Waals surface area contributed by atoms with Crippen molar-refractivity contribution in [2.75, 3.05) is 0 Å². The molecule has 2 aromatic rings. The maximum absolute atomic E-state index is 12.6. The topological polar surface area (TPSA) is 40.9 Å². The Morgan fingerprint density at radius 2 is 1.95 bits per heavy atom. The Morgan fingerprint density at radius 3 is 2.57 bits per heavy atom. The molecule has 106 valence electrons. The van der Waals surface area contributed by atoms with E-state index in [-0.39, 0.29) is 5.78 Å². The fourth-order valence-electron chi connectivity index (χ4n) is 2.08. The number of hydrogen-bond acceptors (Lipinski definition) is 2. The highest BCUT2D eigenvalue weighted by Gasteiger charge is 2.24.